The van der Waals surface area contributed by atoms with Crippen LogP contribution in [0.1, 0.15) is 56.9 Å². The molecule has 1 fully saturated rings. The zero-order valence-electron chi connectivity index (χ0n) is 25.6. The minimum Gasteiger partial charge on any atom is -0.491 e. The zero-order chi connectivity index (χ0) is 30.4. The second kappa shape index (κ2) is 11.5. The second-order valence-electron chi connectivity index (χ2n) is 13.0. The number of rotatable bonds is 6. The highest BCUT2D eigenvalue weighted by atomic mass is 32.2. The number of allylic oxidation sites excluding steroid dienone is 1. The van der Waals surface area contributed by atoms with Gasteiger partial charge >= 0.3 is 0 Å². The predicted molar refractivity (Wildman–Crippen MR) is 171 cm³/mol. The Bertz CT molecular complexity index is 1660. The third-order valence-electron chi connectivity index (χ3n) is 9.52. The van der Waals surface area contributed by atoms with Gasteiger partial charge in [-0.25, -0.2) is 23.4 Å². The maximum atomic E-state index is 13.4. The van der Waals surface area contributed by atoms with Crippen molar-refractivity contribution < 1.29 is 13.2 Å². The minimum absolute atomic E-state index is 0.0349. The molecule has 0 unspecified atom stereocenters. The molecule has 2 N–H and O–H groups in total. The van der Waals surface area contributed by atoms with E-state index in [9.17, 15) is 8.42 Å². The highest BCUT2D eigenvalue weighted by Crippen LogP contribution is 2.41. The molecule has 3 aliphatic rings. The molecule has 2 aromatic heterocycles. The molecule has 0 atom stereocenters. The summed E-state index contributed by atoms with van der Waals surface area (Å²) in [6.45, 7) is 10.5. The average molecular weight is 603 g/mol. The number of nitrogen functional groups attached to an aromatic ring is 1. The molecule has 0 saturated carbocycles. The van der Waals surface area contributed by atoms with Crippen LogP contribution in [0.5, 0.6) is 5.75 Å². The number of hydrogen-bond donors (Lipinski definition) is 1. The number of nitrogens with zero attached hydrogens (tertiary/aromatic N) is 5. The van der Waals surface area contributed by atoms with Crippen molar-refractivity contribution in [3.05, 3.63) is 59.2 Å². The molecular formula is C33H42N6O3S. The van der Waals surface area contributed by atoms with Gasteiger partial charge in [0, 0.05) is 29.4 Å². The lowest BCUT2D eigenvalue weighted by Gasteiger charge is -2.33. The topological polar surface area (TPSA) is 115 Å². The normalized spacial score (nSPS) is 19.2. The Hall–Kier alpha value is -3.50. The van der Waals surface area contributed by atoms with Gasteiger partial charge < -0.3 is 20.3 Å². The zero-order valence-corrected chi connectivity index (χ0v) is 26.5. The maximum Gasteiger partial charge on any atom is 0.182 e. The summed E-state index contributed by atoms with van der Waals surface area (Å²) in [4.78, 5) is 18.3. The Balaban J connectivity index is 1.26. The molecular weight excluding hydrogens is 560 g/mol. The van der Waals surface area contributed by atoms with E-state index in [0.29, 0.717) is 37.6 Å². The number of nitrogens with two attached hydrogens (primary N) is 1. The first-order valence-electron chi connectivity index (χ1n) is 15.2. The lowest BCUT2D eigenvalue weighted by Crippen LogP contribution is -2.31. The molecule has 0 spiro atoms. The SMILES string of the molecule is CC1=Cc2ncnc(N3CCOc4ccc(-c5cnc(N)c(S(=O)(=O)CCC6CCN(C)CC6)c5)cc4C3)c2CC1(C)C. The first-order valence-corrected chi connectivity index (χ1v) is 16.9. The quantitative estimate of drug-likeness (QED) is 0.416. The molecule has 2 aliphatic heterocycles. The van der Waals surface area contributed by atoms with E-state index in [0.717, 1.165) is 66.3 Å². The van der Waals surface area contributed by atoms with E-state index >= 15 is 0 Å². The van der Waals surface area contributed by atoms with Crippen LogP contribution in [0.25, 0.3) is 17.2 Å². The molecule has 3 aromatic rings. The van der Waals surface area contributed by atoms with Crippen LogP contribution in [-0.4, -0.2) is 67.3 Å². The molecule has 9 nitrogen and oxygen atoms in total. The summed E-state index contributed by atoms with van der Waals surface area (Å²) in [6, 6.07) is 7.67. The minimum atomic E-state index is -3.58. The van der Waals surface area contributed by atoms with Crippen molar-refractivity contribution in [1.29, 1.82) is 0 Å². The van der Waals surface area contributed by atoms with Gasteiger partial charge in [-0.2, -0.15) is 0 Å². The molecule has 0 radical (unpaired) electrons. The average Bonchev–Trinajstić information content (AvgIpc) is 3.19. The summed E-state index contributed by atoms with van der Waals surface area (Å²) in [6.07, 6.45) is 9.05. The highest BCUT2D eigenvalue weighted by Gasteiger charge is 2.31. The van der Waals surface area contributed by atoms with Crippen molar-refractivity contribution in [1.82, 2.24) is 19.9 Å². The molecule has 1 saturated heterocycles. The summed E-state index contributed by atoms with van der Waals surface area (Å²) >= 11 is 0. The maximum absolute atomic E-state index is 13.4. The van der Waals surface area contributed by atoms with Crippen LogP contribution in [0.15, 0.2) is 47.3 Å². The molecule has 4 heterocycles. The van der Waals surface area contributed by atoms with Gasteiger partial charge in [0.2, 0.25) is 0 Å². The fraction of sp³-hybridized carbons (Fsp3) is 0.485. The van der Waals surface area contributed by atoms with Gasteiger partial charge in [-0.05, 0) is 93.9 Å². The largest absolute Gasteiger partial charge is 0.491 e. The van der Waals surface area contributed by atoms with Gasteiger partial charge in [0.05, 0.1) is 18.0 Å². The van der Waals surface area contributed by atoms with Crippen molar-refractivity contribution >= 4 is 27.5 Å². The smallest absolute Gasteiger partial charge is 0.182 e. The Morgan fingerprint density at radius 3 is 2.65 bits per heavy atom. The van der Waals surface area contributed by atoms with E-state index < -0.39 is 9.84 Å². The van der Waals surface area contributed by atoms with E-state index in [-0.39, 0.29) is 21.9 Å². The summed E-state index contributed by atoms with van der Waals surface area (Å²) < 4.78 is 33.0. The number of aromatic nitrogens is 3. The molecule has 10 heteroatoms. The van der Waals surface area contributed by atoms with Crippen molar-refractivity contribution in [2.75, 3.05) is 49.7 Å². The number of hydrogen-bond acceptors (Lipinski definition) is 9. The lowest BCUT2D eigenvalue weighted by molar-refractivity contribution is 0.216. The van der Waals surface area contributed by atoms with Crippen molar-refractivity contribution in [3.63, 3.8) is 0 Å². The van der Waals surface area contributed by atoms with Crippen LogP contribution < -0.4 is 15.4 Å². The van der Waals surface area contributed by atoms with Gasteiger partial charge in [0.25, 0.3) is 0 Å². The summed E-state index contributed by atoms with van der Waals surface area (Å²) in [5.41, 5.74) is 12.2. The number of piperidine rings is 1. The molecule has 228 valence electrons. The predicted octanol–water partition coefficient (Wildman–Crippen LogP) is 5.01. The number of anilines is 2. The summed E-state index contributed by atoms with van der Waals surface area (Å²) in [5.74, 6) is 2.31. The number of pyridine rings is 1. The van der Waals surface area contributed by atoms with E-state index in [4.69, 9.17) is 15.5 Å². The monoisotopic (exact) mass is 602 g/mol. The van der Waals surface area contributed by atoms with Crippen LogP contribution in [0, 0.1) is 11.3 Å². The van der Waals surface area contributed by atoms with Crippen LogP contribution in [0.2, 0.25) is 0 Å². The first-order chi connectivity index (χ1) is 20.5. The third-order valence-corrected chi connectivity index (χ3v) is 11.3. The number of fused-ring (bicyclic) bond motifs is 2. The van der Waals surface area contributed by atoms with E-state index in [2.05, 4.69) is 59.7 Å². The van der Waals surface area contributed by atoms with Crippen LogP contribution >= 0.6 is 0 Å². The van der Waals surface area contributed by atoms with Gasteiger partial charge in [0.1, 0.15) is 35.2 Å². The first kappa shape index (κ1) is 29.6. The van der Waals surface area contributed by atoms with E-state index in [1.54, 1.807) is 18.6 Å². The van der Waals surface area contributed by atoms with Crippen molar-refractivity contribution in [2.45, 2.75) is 57.9 Å². The Morgan fingerprint density at radius 1 is 1.07 bits per heavy atom. The molecule has 0 amide bonds. The molecule has 1 aromatic carbocycles. The number of likely N-dealkylation sites (tertiary alicyclic amines) is 1. The Labute approximate surface area is 255 Å². The second-order valence-corrected chi connectivity index (χ2v) is 15.1. The van der Waals surface area contributed by atoms with Gasteiger partial charge in [0.15, 0.2) is 9.84 Å². The fourth-order valence-corrected chi connectivity index (χ4v) is 7.91. The van der Waals surface area contributed by atoms with Crippen molar-refractivity contribution in [2.24, 2.45) is 11.3 Å². The third kappa shape index (κ3) is 6.13. The van der Waals surface area contributed by atoms with E-state index in [1.807, 2.05) is 12.1 Å². The van der Waals surface area contributed by atoms with Gasteiger partial charge in [-0.1, -0.05) is 25.5 Å². The van der Waals surface area contributed by atoms with E-state index in [1.165, 1.54) is 5.57 Å². The van der Waals surface area contributed by atoms with Gasteiger partial charge in [-0.3, -0.25) is 0 Å². The summed E-state index contributed by atoms with van der Waals surface area (Å²) in [7, 11) is -1.47. The number of sulfone groups is 1. The molecule has 0 bridgehead atoms. The lowest BCUT2D eigenvalue weighted by atomic mass is 9.75. The van der Waals surface area contributed by atoms with Crippen LogP contribution in [0.3, 0.4) is 0 Å². The fourth-order valence-electron chi connectivity index (χ4n) is 6.36. The Morgan fingerprint density at radius 2 is 1.86 bits per heavy atom. The van der Waals surface area contributed by atoms with Crippen molar-refractivity contribution in [3.8, 4) is 16.9 Å². The molecule has 6 rings (SSSR count). The summed E-state index contributed by atoms with van der Waals surface area (Å²) in [5, 5.41) is 0. The highest BCUT2D eigenvalue weighted by molar-refractivity contribution is 7.91. The van der Waals surface area contributed by atoms with Crippen LogP contribution in [0.4, 0.5) is 11.6 Å². The van der Waals surface area contributed by atoms with Gasteiger partial charge in [-0.15, -0.1) is 0 Å². The molecule has 1 aliphatic carbocycles. The van der Waals surface area contributed by atoms with Crippen LogP contribution in [-0.2, 0) is 22.8 Å². The number of ether oxygens (including phenoxy) is 1. The standard InChI is InChI=1S/C33H42N6O3S/c1-22-15-28-27(18-33(22,2)3)32(37-21-36-28)39-12-13-42-29-6-5-24(16-26(29)20-39)25-17-30(31(34)35-19-25)43(40,41)14-9-23-7-10-38(4)11-8-23/h5-6,15-17,19,21,23H,7-14,18,20H2,1-4H3,(H2,34,35). The molecule has 43 heavy (non-hydrogen) atoms. The Kier molecular flexibility index (Phi) is 7.93. The number of benzene rings is 1.